The van der Waals surface area contributed by atoms with Gasteiger partial charge in [-0.2, -0.15) is 0 Å². The highest BCUT2D eigenvalue weighted by atomic mass is 35.5. The maximum Gasteiger partial charge on any atom is 0.172 e. The molecule has 0 unspecified atom stereocenters. The number of halogens is 1. The van der Waals surface area contributed by atoms with E-state index in [1.165, 1.54) is 0 Å². The third-order valence-corrected chi connectivity index (χ3v) is 4.05. The molecule has 3 aromatic heterocycles. The SMILES string of the molecule is C=C(CCl)Nc1cc(-c2ccccn2)nc(-c2cccs2)n1. The number of rotatable bonds is 5. The second kappa shape index (κ2) is 6.68. The summed E-state index contributed by atoms with van der Waals surface area (Å²) >= 11 is 7.37. The molecule has 0 bridgehead atoms. The van der Waals surface area contributed by atoms with Crippen molar-refractivity contribution in [1.29, 1.82) is 0 Å². The van der Waals surface area contributed by atoms with Crippen LogP contribution in [0.4, 0.5) is 5.82 Å². The zero-order chi connectivity index (χ0) is 15.4. The summed E-state index contributed by atoms with van der Waals surface area (Å²) in [6.07, 6.45) is 1.74. The van der Waals surface area contributed by atoms with Crippen molar-refractivity contribution in [3.8, 4) is 22.1 Å². The molecular formula is C16H13ClN4S. The molecule has 0 saturated carbocycles. The van der Waals surface area contributed by atoms with Crippen LogP contribution in [0.1, 0.15) is 0 Å². The molecule has 3 heterocycles. The molecule has 3 aromatic rings. The lowest BCUT2D eigenvalue weighted by atomic mass is 10.2. The van der Waals surface area contributed by atoms with Gasteiger partial charge in [-0.1, -0.05) is 18.7 Å². The number of aromatic nitrogens is 3. The molecule has 4 nitrogen and oxygen atoms in total. The number of pyridine rings is 1. The van der Waals surface area contributed by atoms with Crippen LogP contribution in [0, 0.1) is 0 Å². The third-order valence-electron chi connectivity index (χ3n) is 2.86. The number of alkyl halides is 1. The average molecular weight is 329 g/mol. The molecular weight excluding hydrogens is 316 g/mol. The normalized spacial score (nSPS) is 10.4. The van der Waals surface area contributed by atoms with E-state index in [-0.39, 0.29) is 0 Å². The summed E-state index contributed by atoms with van der Waals surface area (Å²) in [6, 6.07) is 11.5. The van der Waals surface area contributed by atoms with Crippen LogP contribution in [0.25, 0.3) is 22.1 Å². The molecule has 0 aliphatic carbocycles. The fourth-order valence-corrected chi connectivity index (χ4v) is 2.61. The fraction of sp³-hybridized carbons (Fsp3) is 0.0625. The lowest BCUT2D eigenvalue weighted by Crippen LogP contribution is -2.04. The minimum absolute atomic E-state index is 0.317. The highest BCUT2D eigenvalue weighted by molar-refractivity contribution is 7.13. The Morgan fingerprint density at radius 2 is 2.09 bits per heavy atom. The van der Waals surface area contributed by atoms with Crippen molar-refractivity contribution in [2.75, 3.05) is 11.2 Å². The van der Waals surface area contributed by atoms with Gasteiger partial charge in [0.1, 0.15) is 5.82 Å². The van der Waals surface area contributed by atoms with Crippen molar-refractivity contribution in [2.45, 2.75) is 0 Å². The maximum atomic E-state index is 5.78. The molecule has 0 amide bonds. The van der Waals surface area contributed by atoms with Gasteiger partial charge in [0.2, 0.25) is 0 Å². The monoisotopic (exact) mass is 328 g/mol. The number of hydrogen-bond acceptors (Lipinski definition) is 5. The number of nitrogens with one attached hydrogen (secondary N) is 1. The lowest BCUT2D eigenvalue weighted by molar-refractivity contribution is 1.16. The van der Waals surface area contributed by atoms with Gasteiger partial charge in [-0.05, 0) is 23.6 Å². The summed E-state index contributed by atoms with van der Waals surface area (Å²) in [6.45, 7) is 3.85. The Morgan fingerprint density at radius 3 is 2.77 bits per heavy atom. The first-order valence-electron chi connectivity index (χ1n) is 6.61. The molecule has 110 valence electrons. The molecule has 0 radical (unpaired) electrons. The molecule has 6 heteroatoms. The van der Waals surface area contributed by atoms with Gasteiger partial charge in [-0.3, -0.25) is 4.98 Å². The van der Waals surface area contributed by atoms with Gasteiger partial charge in [0, 0.05) is 18.0 Å². The van der Waals surface area contributed by atoms with Crippen molar-refractivity contribution < 1.29 is 0 Å². The first kappa shape index (κ1) is 14.7. The summed E-state index contributed by atoms with van der Waals surface area (Å²) in [7, 11) is 0. The quantitative estimate of drug-likeness (QED) is 0.704. The van der Waals surface area contributed by atoms with Gasteiger partial charge in [-0.25, -0.2) is 9.97 Å². The Labute approximate surface area is 137 Å². The predicted octanol–water partition coefficient (Wildman–Crippen LogP) is 4.43. The predicted molar refractivity (Wildman–Crippen MR) is 92.1 cm³/mol. The lowest BCUT2D eigenvalue weighted by Gasteiger charge is -2.09. The van der Waals surface area contributed by atoms with Crippen molar-refractivity contribution in [2.24, 2.45) is 0 Å². The minimum Gasteiger partial charge on any atom is -0.343 e. The molecule has 0 aliphatic heterocycles. The van der Waals surface area contributed by atoms with Crippen LogP contribution >= 0.6 is 22.9 Å². The highest BCUT2D eigenvalue weighted by Crippen LogP contribution is 2.26. The van der Waals surface area contributed by atoms with Gasteiger partial charge in [-0.15, -0.1) is 22.9 Å². The number of allylic oxidation sites excluding steroid dienone is 1. The van der Waals surface area contributed by atoms with E-state index in [0.29, 0.717) is 23.2 Å². The molecule has 0 aliphatic rings. The van der Waals surface area contributed by atoms with Crippen LogP contribution in [-0.4, -0.2) is 20.8 Å². The first-order chi connectivity index (χ1) is 10.8. The standard InChI is InChI=1S/C16H13ClN4S/c1-11(10-17)19-15-9-13(12-5-2-3-7-18-12)20-16(21-15)14-6-4-8-22-14/h2-9H,1,10H2,(H,19,20,21). The molecule has 0 spiro atoms. The summed E-state index contributed by atoms with van der Waals surface area (Å²) in [5.41, 5.74) is 2.23. The molecule has 0 saturated heterocycles. The van der Waals surface area contributed by atoms with Crippen LogP contribution in [0.3, 0.4) is 0 Å². The van der Waals surface area contributed by atoms with Crippen molar-refractivity contribution in [3.63, 3.8) is 0 Å². The second-order valence-electron chi connectivity index (χ2n) is 4.52. The largest absolute Gasteiger partial charge is 0.343 e. The van der Waals surface area contributed by atoms with Gasteiger partial charge < -0.3 is 5.32 Å². The molecule has 0 atom stereocenters. The second-order valence-corrected chi connectivity index (χ2v) is 5.73. The molecule has 3 rings (SSSR count). The Balaban J connectivity index is 2.07. The van der Waals surface area contributed by atoms with Gasteiger partial charge >= 0.3 is 0 Å². The van der Waals surface area contributed by atoms with Crippen LogP contribution in [0.15, 0.2) is 60.3 Å². The maximum absolute atomic E-state index is 5.78. The van der Waals surface area contributed by atoms with E-state index in [1.807, 2.05) is 41.8 Å². The summed E-state index contributed by atoms with van der Waals surface area (Å²) in [5.74, 6) is 1.63. The minimum atomic E-state index is 0.317. The van der Waals surface area contributed by atoms with Gasteiger partial charge in [0.05, 0.1) is 22.1 Å². The smallest absolute Gasteiger partial charge is 0.172 e. The van der Waals surface area contributed by atoms with E-state index < -0.39 is 0 Å². The Bertz CT molecular complexity index is 772. The highest BCUT2D eigenvalue weighted by Gasteiger charge is 2.10. The third kappa shape index (κ3) is 3.32. The van der Waals surface area contributed by atoms with E-state index in [1.54, 1.807) is 17.5 Å². The summed E-state index contributed by atoms with van der Waals surface area (Å²) in [5, 5.41) is 5.10. The fourth-order valence-electron chi connectivity index (χ4n) is 1.89. The Morgan fingerprint density at radius 1 is 1.18 bits per heavy atom. The summed E-state index contributed by atoms with van der Waals surface area (Å²) < 4.78 is 0. The van der Waals surface area contributed by atoms with Crippen LogP contribution in [0.2, 0.25) is 0 Å². The van der Waals surface area contributed by atoms with E-state index in [4.69, 9.17) is 11.6 Å². The zero-order valence-corrected chi connectivity index (χ0v) is 13.2. The Kier molecular flexibility index (Phi) is 4.46. The Hall–Kier alpha value is -2.24. The topological polar surface area (TPSA) is 50.7 Å². The summed E-state index contributed by atoms with van der Waals surface area (Å²) in [4.78, 5) is 14.5. The molecule has 1 N–H and O–H groups in total. The number of anilines is 1. The van der Waals surface area contributed by atoms with Crippen LogP contribution in [-0.2, 0) is 0 Å². The first-order valence-corrected chi connectivity index (χ1v) is 8.03. The van der Waals surface area contributed by atoms with E-state index in [2.05, 4.69) is 26.8 Å². The number of hydrogen-bond donors (Lipinski definition) is 1. The number of nitrogens with zero attached hydrogens (tertiary/aromatic N) is 3. The molecule has 0 fully saturated rings. The van der Waals surface area contributed by atoms with Gasteiger partial charge in [0.25, 0.3) is 0 Å². The van der Waals surface area contributed by atoms with Crippen molar-refractivity contribution in [3.05, 3.63) is 60.3 Å². The number of thiophene rings is 1. The van der Waals surface area contributed by atoms with E-state index in [0.717, 1.165) is 16.3 Å². The average Bonchev–Trinajstić information content (AvgIpc) is 3.10. The molecule has 0 aromatic carbocycles. The van der Waals surface area contributed by atoms with Crippen LogP contribution in [0.5, 0.6) is 0 Å². The van der Waals surface area contributed by atoms with E-state index in [9.17, 15) is 0 Å². The van der Waals surface area contributed by atoms with Crippen molar-refractivity contribution >= 4 is 28.8 Å². The van der Waals surface area contributed by atoms with E-state index >= 15 is 0 Å². The van der Waals surface area contributed by atoms with Gasteiger partial charge in [0.15, 0.2) is 5.82 Å². The van der Waals surface area contributed by atoms with Crippen LogP contribution < -0.4 is 5.32 Å². The molecule has 22 heavy (non-hydrogen) atoms. The van der Waals surface area contributed by atoms with Crippen molar-refractivity contribution in [1.82, 2.24) is 15.0 Å². The zero-order valence-electron chi connectivity index (χ0n) is 11.7.